The van der Waals surface area contributed by atoms with E-state index in [4.69, 9.17) is 10.5 Å². The lowest BCUT2D eigenvalue weighted by molar-refractivity contribution is -0.131. The molecule has 0 aliphatic rings. The van der Waals surface area contributed by atoms with Crippen molar-refractivity contribution >= 4 is 27.5 Å². The monoisotopic (exact) mass is 405 g/mol. The molecule has 0 fully saturated rings. The lowest BCUT2D eigenvalue weighted by Gasteiger charge is -2.20. The summed E-state index contributed by atoms with van der Waals surface area (Å²) in [7, 11) is 0. The zero-order valence-corrected chi connectivity index (χ0v) is 16.8. The van der Waals surface area contributed by atoms with Gasteiger partial charge in [-0.05, 0) is 18.1 Å². The minimum Gasteiger partial charge on any atom is -0.339 e. The van der Waals surface area contributed by atoms with Gasteiger partial charge in [0.25, 0.3) is 5.56 Å². The number of aryl methyl sites for hydroxylation is 1. The molecule has 0 N–H and O–H groups in total. The van der Waals surface area contributed by atoms with E-state index in [1.807, 2.05) is 49.4 Å². The number of benzene rings is 1. The second-order valence-electron chi connectivity index (χ2n) is 6.48. The fourth-order valence-corrected chi connectivity index (χ4v) is 4.26. The van der Waals surface area contributed by atoms with Crippen molar-refractivity contribution in [1.29, 1.82) is 10.5 Å². The third kappa shape index (κ3) is 4.34. The topological polar surface area (TPSA) is 103 Å². The van der Waals surface area contributed by atoms with Gasteiger partial charge in [-0.25, -0.2) is 4.98 Å². The van der Waals surface area contributed by atoms with Crippen LogP contribution in [0.3, 0.4) is 0 Å². The van der Waals surface area contributed by atoms with Crippen LogP contribution in [0.5, 0.6) is 0 Å². The van der Waals surface area contributed by atoms with Gasteiger partial charge < -0.3 is 4.90 Å². The quantitative estimate of drug-likeness (QED) is 0.601. The van der Waals surface area contributed by atoms with Crippen LogP contribution in [0.25, 0.3) is 20.7 Å². The molecule has 8 heteroatoms. The molecule has 29 heavy (non-hydrogen) atoms. The first-order valence-corrected chi connectivity index (χ1v) is 9.94. The number of carbonyl (C=O) groups is 1. The molecule has 0 saturated carbocycles. The number of amides is 1. The van der Waals surface area contributed by atoms with Gasteiger partial charge in [-0.15, -0.1) is 11.3 Å². The number of fused-ring (bicyclic) bond motifs is 1. The van der Waals surface area contributed by atoms with E-state index < -0.39 is 0 Å². The molecule has 0 aliphatic carbocycles. The number of thiophene rings is 1. The van der Waals surface area contributed by atoms with Gasteiger partial charge in [0.1, 0.15) is 11.4 Å². The van der Waals surface area contributed by atoms with E-state index in [1.54, 1.807) is 0 Å². The van der Waals surface area contributed by atoms with Crippen molar-refractivity contribution in [1.82, 2.24) is 14.5 Å². The van der Waals surface area contributed by atoms with Crippen LogP contribution in [0.1, 0.15) is 18.4 Å². The largest absolute Gasteiger partial charge is 0.339 e. The smallest absolute Gasteiger partial charge is 0.262 e. The van der Waals surface area contributed by atoms with Gasteiger partial charge in [0.15, 0.2) is 0 Å². The molecule has 0 spiro atoms. The Hall–Kier alpha value is -3.49. The molecular formula is C21H19N5O2S. The van der Waals surface area contributed by atoms with Gasteiger partial charge in [0.2, 0.25) is 5.91 Å². The van der Waals surface area contributed by atoms with Crippen molar-refractivity contribution in [2.45, 2.75) is 26.3 Å². The SMILES string of the molecule is Cc1c(-c2ccccc2)sc2ncn(CC(=O)N(CCC#N)CCC#N)c(=O)c12. The van der Waals surface area contributed by atoms with Gasteiger partial charge in [0.05, 0.1) is 36.7 Å². The highest BCUT2D eigenvalue weighted by atomic mass is 32.1. The molecule has 7 nitrogen and oxygen atoms in total. The molecule has 1 aromatic carbocycles. The molecule has 0 bridgehead atoms. The Balaban J connectivity index is 1.93. The van der Waals surface area contributed by atoms with Crippen LogP contribution in [-0.4, -0.2) is 33.4 Å². The normalized spacial score (nSPS) is 10.4. The summed E-state index contributed by atoms with van der Waals surface area (Å²) >= 11 is 1.46. The number of nitrogens with zero attached hydrogens (tertiary/aromatic N) is 5. The minimum absolute atomic E-state index is 0.172. The highest BCUT2D eigenvalue weighted by Gasteiger charge is 2.18. The first-order chi connectivity index (χ1) is 14.1. The van der Waals surface area contributed by atoms with Crippen molar-refractivity contribution in [3.05, 3.63) is 52.6 Å². The molecule has 1 amide bonds. The summed E-state index contributed by atoms with van der Waals surface area (Å²) in [5.74, 6) is -0.310. The maximum absolute atomic E-state index is 13.0. The predicted octanol–water partition coefficient (Wildman–Crippen LogP) is 3.09. The number of rotatable bonds is 7. The molecule has 0 unspecified atom stereocenters. The van der Waals surface area contributed by atoms with E-state index in [-0.39, 0.29) is 43.9 Å². The van der Waals surface area contributed by atoms with E-state index in [2.05, 4.69) is 4.98 Å². The Kier molecular flexibility index (Phi) is 6.38. The van der Waals surface area contributed by atoms with E-state index in [1.165, 1.54) is 27.1 Å². The van der Waals surface area contributed by atoms with E-state index in [9.17, 15) is 9.59 Å². The molecule has 146 valence electrons. The third-order valence-electron chi connectivity index (χ3n) is 4.60. The predicted molar refractivity (Wildman–Crippen MR) is 111 cm³/mol. The summed E-state index contributed by atoms with van der Waals surface area (Å²) in [6.45, 7) is 2.19. The zero-order chi connectivity index (χ0) is 20.8. The van der Waals surface area contributed by atoms with Crippen LogP contribution in [0.15, 0.2) is 41.5 Å². The molecule has 0 radical (unpaired) electrons. The summed E-state index contributed by atoms with van der Waals surface area (Å²) in [6.07, 6.45) is 1.74. The Morgan fingerprint density at radius 3 is 2.45 bits per heavy atom. The molecule has 3 aromatic rings. The second-order valence-corrected chi connectivity index (χ2v) is 7.48. The van der Waals surface area contributed by atoms with Crippen LogP contribution in [0, 0.1) is 29.6 Å². The Morgan fingerprint density at radius 2 is 1.83 bits per heavy atom. The van der Waals surface area contributed by atoms with Gasteiger partial charge >= 0.3 is 0 Å². The second kappa shape index (κ2) is 9.13. The van der Waals surface area contributed by atoms with Crippen molar-refractivity contribution < 1.29 is 4.79 Å². The van der Waals surface area contributed by atoms with Gasteiger partial charge in [-0.1, -0.05) is 30.3 Å². The fourth-order valence-electron chi connectivity index (χ4n) is 3.11. The fraction of sp³-hybridized carbons (Fsp3) is 0.286. The zero-order valence-electron chi connectivity index (χ0n) is 16.0. The average Bonchev–Trinajstić information content (AvgIpc) is 3.08. The summed E-state index contributed by atoms with van der Waals surface area (Å²) in [4.78, 5) is 33.1. The first-order valence-electron chi connectivity index (χ1n) is 9.12. The molecule has 0 atom stereocenters. The van der Waals surface area contributed by atoms with E-state index in [0.717, 1.165) is 16.0 Å². The lowest BCUT2D eigenvalue weighted by Crippen LogP contribution is -2.37. The molecule has 3 rings (SSSR count). The van der Waals surface area contributed by atoms with Gasteiger partial charge in [-0.3, -0.25) is 14.2 Å². The van der Waals surface area contributed by atoms with Crippen molar-refractivity contribution in [2.24, 2.45) is 0 Å². The summed E-state index contributed by atoms with van der Waals surface area (Å²) < 4.78 is 1.30. The van der Waals surface area contributed by atoms with E-state index in [0.29, 0.717) is 10.2 Å². The van der Waals surface area contributed by atoms with Crippen molar-refractivity contribution in [2.75, 3.05) is 13.1 Å². The average molecular weight is 405 g/mol. The molecule has 2 heterocycles. The lowest BCUT2D eigenvalue weighted by atomic mass is 10.1. The summed E-state index contributed by atoms with van der Waals surface area (Å²) in [5.41, 5.74) is 1.61. The molecular weight excluding hydrogens is 386 g/mol. The number of carbonyl (C=O) groups excluding carboxylic acids is 1. The van der Waals surface area contributed by atoms with Crippen molar-refractivity contribution in [3.8, 4) is 22.6 Å². The molecule has 0 saturated heterocycles. The Labute approximate surface area is 172 Å². The maximum atomic E-state index is 13.0. The number of nitriles is 2. The minimum atomic E-state index is -0.310. The Bertz CT molecular complexity index is 1150. The standard InChI is InChI=1S/C21H19N5O2S/c1-15-18-20(29-19(15)16-7-3-2-4-8-16)24-14-26(21(18)28)13-17(27)25(11-5-9-22)12-6-10-23/h2-4,7-8,14H,5-6,11-13H2,1H3. The summed E-state index contributed by atoms with van der Waals surface area (Å²) in [6, 6.07) is 13.8. The molecule has 2 aromatic heterocycles. The van der Waals surface area contributed by atoms with Gasteiger partial charge in [-0.2, -0.15) is 10.5 Å². The summed E-state index contributed by atoms with van der Waals surface area (Å²) in [5, 5.41) is 18.1. The van der Waals surface area contributed by atoms with Gasteiger partial charge in [0, 0.05) is 18.0 Å². The third-order valence-corrected chi connectivity index (χ3v) is 5.85. The number of hydrogen-bond donors (Lipinski definition) is 0. The van der Waals surface area contributed by atoms with Crippen molar-refractivity contribution in [3.63, 3.8) is 0 Å². The van der Waals surface area contributed by atoms with Crippen LogP contribution >= 0.6 is 11.3 Å². The van der Waals surface area contributed by atoms with Crippen LogP contribution in [-0.2, 0) is 11.3 Å². The van der Waals surface area contributed by atoms with Crippen LogP contribution in [0.4, 0.5) is 0 Å². The van der Waals surface area contributed by atoms with Crippen LogP contribution in [0.2, 0.25) is 0 Å². The molecule has 0 aliphatic heterocycles. The number of aromatic nitrogens is 2. The number of hydrogen-bond acceptors (Lipinski definition) is 6. The highest BCUT2D eigenvalue weighted by Crippen LogP contribution is 2.35. The first kappa shape index (κ1) is 20.2. The maximum Gasteiger partial charge on any atom is 0.262 e. The van der Waals surface area contributed by atoms with Crippen LogP contribution < -0.4 is 5.56 Å². The van der Waals surface area contributed by atoms with E-state index >= 15 is 0 Å². The Morgan fingerprint density at radius 1 is 1.17 bits per heavy atom. The highest BCUT2D eigenvalue weighted by molar-refractivity contribution is 7.22.